The van der Waals surface area contributed by atoms with Crippen molar-refractivity contribution in [3.8, 4) is 11.1 Å². The number of hydrogen-bond donors (Lipinski definition) is 1. The third-order valence-corrected chi connectivity index (χ3v) is 3.87. The highest BCUT2D eigenvalue weighted by Crippen LogP contribution is 2.48. The molecule has 0 heterocycles. The van der Waals surface area contributed by atoms with E-state index < -0.39 is 0 Å². The molecule has 1 aliphatic carbocycles. The normalized spacial score (nSPS) is 15.0. The first kappa shape index (κ1) is 11.0. The minimum Gasteiger partial charge on any atom is -0.366 e. The van der Waals surface area contributed by atoms with Crippen molar-refractivity contribution in [3.63, 3.8) is 0 Å². The summed E-state index contributed by atoms with van der Waals surface area (Å²) in [7, 11) is 0. The Bertz CT molecular complexity index is 656. The van der Waals surface area contributed by atoms with E-state index in [1.807, 2.05) is 18.2 Å². The van der Waals surface area contributed by atoms with E-state index in [1.165, 1.54) is 22.3 Å². The van der Waals surface area contributed by atoms with E-state index in [0.717, 1.165) is 0 Å². The maximum atomic E-state index is 11.3. The van der Waals surface area contributed by atoms with Gasteiger partial charge in [-0.2, -0.15) is 0 Å². The Morgan fingerprint density at radius 1 is 1.00 bits per heavy atom. The number of fused-ring (bicyclic) bond motifs is 3. The van der Waals surface area contributed by atoms with Gasteiger partial charge in [-0.15, -0.1) is 0 Å². The number of carbonyl (C=O) groups excluding carboxylic acids is 1. The molecule has 1 amide bonds. The molecule has 0 atom stereocenters. The average Bonchev–Trinajstić information content (AvgIpc) is 2.59. The van der Waals surface area contributed by atoms with Crippen LogP contribution in [0.15, 0.2) is 42.5 Å². The lowest BCUT2D eigenvalue weighted by atomic mass is 9.82. The van der Waals surface area contributed by atoms with E-state index in [9.17, 15) is 4.79 Å². The van der Waals surface area contributed by atoms with Crippen LogP contribution >= 0.6 is 0 Å². The number of rotatable bonds is 1. The summed E-state index contributed by atoms with van der Waals surface area (Å²) in [6.45, 7) is 4.37. The smallest absolute Gasteiger partial charge is 0.248 e. The fraction of sp³-hybridized carbons (Fsp3) is 0.188. The third kappa shape index (κ3) is 1.32. The highest BCUT2D eigenvalue weighted by Gasteiger charge is 2.35. The van der Waals surface area contributed by atoms with Gasteiger partial charge in [0.2, 0.25) is 5.91 Å². The van der Waals surface area contributed by atoms with Gasteiger partial charge >= 0.3 is 0 Å². The number of benzene rings is 2. The molecule has 0 bridgehead atoms. The second-order valence-corrected chi connectivity index (χ2v) is 5.30. The molecule has 90 valence electrons. The van der Waals surface area contributed by atoms with Crippen molar-refractivity contribution < 1.29 is 4.79 Å². The van der Waals surface area contributed by atoms with E-state index in [0.29, 0.717) is 5.56 Å². The van der Waals surface area contributed by atoms with Gasteiger partial charge in [0.05, 0.1) is 0 Å². The Morgan fingerprint density at radius 2 is 1.67 bits per heavy atom. The van der Waals surface area contributed by atoms with Gasteiger partial charge in [0, 0.05) is 11.0 Å². The van der Waals surface area contributed by atoms with Gasteiger partial charge in [-0.05, 0) is 34.4 Å². The molecular formula is C16H15NO. The van der Waals surface area contributed by atoms with E-state index in [-0.39, 0.29) is 11.3 Å². The van der Waals surface area contributed by atoms with Crippen LogP contribution in [0.3, 0.4) is 0 Å². The lowest BCUT2D eigenvalue weighted by Crippen LogP contribution is -2.17. The summed E-state index contributed by atoms with van der Waals surface area (Å²) in [5.41, 5.74) is 10.8. The molecule has 2 aromatic carbocycles. The maximum absolute atomic E-state index is 11.3. The number of carbonyl (C=O) groups is 1. The fourth-order valence-corrected chi connectivity index (χ4v) is 2.86. The van der Waals surface area contributed by atoms with Crippen molar-refractivity contribution in [3.05, 3.63) is 59.2 Å². The van der Waals surface area contributed by atoms with Gasteiger partial charge in [0.1, 0.15) is 0 Å². The summed E-state index contributed by atoms with van der Waals surface area (Å²) < 4.78 is 0. The van der Waals surface area contributed by atoms with E-state index in [1.54, 1.807) is 6.07 Å². The number of primary amides is 1. The lowest BCUT2D eigenvalue weighted by Gasteiger charge is -2.21. The maximum Gasteiger partial charge on any atom is 0.248 e. The minimum atomic E-state index is -0.371. The molecule has 2 aromatic rings. The topological polar surface area (TPSA) is 43.1 Å². The summed E-state index contributed by atoms with van der Waals surface area (Å²) >= 11 is 0. The van der Waals surface area contributed by atoms with Crippen molar-refractivity contribution in [1.82, 2.24) is 0 Å². The summed E-state index contributed by atoms with van der Waals surface area (Å²) in [4.78, 5) is 11.3. The quantitative estimate of drug-likeness (QED) is 0.813. The van der Waals surface area contributed by atoms with Crippen molar-refractivity contribution in [2.45, 2.75) is 19.3 Å². The summed E-state index contributed by atoms with van der Waals surface area (Å²) in [5.74, 6) is -0.371. The molecule has 2 heteroatoms. The van der Waals surface area contributed by atoms with E-state index >= 15 is 0 Å². The van der Waals surface area contributed by atoms with Gasteiger partial charge in [0.15, 0.2) is 0 Å². The minimum absolute atomic E-state index is 0.0720. The largest absolute Gasteiger partial charge is 0.366 e. The van der Waals surface area contributed by atoms with Crippen LogP contribution in [0.2, 0.25) is 0 Å². The fourth-order valence-electron chi connectivity index (χ4n) is 2.86. The van der Waals surface area contributed by atoms with Gasteiger partial charge in [0.25, 0.3) is 0 Å². The molecule has 2 nitrogen and oxygen atoms in total. The van der Waals surface area contributed by atoms with Crippen LogP contribution in [-0.4, -0.2) is 5.91 Å². The molecule has 0 spiro atoms. The zero-order chi connectivity index (χ0) is 12.9. The highest BCUT2D eigenvalue weighted by atomic mass is 16.1. The van der Waals surface area contributed by atoms with Crippen LogP contribution in [0.25, 0.3) is 11.1 Å². The van der Waals surface area contributed by atoms with Gasteiger partial charge in [-0.25, -0.2) is 0 Å². The SMILES string of the molecule is CC1(C)c2ccccc2-c2ccc(C(N)=O)cc21. The summed E-state index contributed by atoms with van der Waals surface area (Å²) in [6, 6.07) is 14.1. The van der Waals surface area contributed by atoms with Crippen molar-refractivity contribution in [1.29, 1.82) is 0 Å². The van der Waals surface area contributed by atoms with Crippen molar-refractivity contribution >= 4 is 5.91 Å². The van der Waals surface area contributed by atoms with Gasteiger partial charge in [-0.1, -0.05) is 44.2 Å². The van der Waals surface area contributed by atoms with Crippen molar-refractivity contribution in [2.75, 3.05) is 0 Å². The number of nitrogens with two attached hydrogens (primary N) is 1. The standard InChI is InChI=1S/C16H15NO/c1-16(2)13-6-4-3-5-11(13)12-8-7-10(15(17)18)9-14(12)16/h3-9H,1-2H3,(H2,17,18). The van der Waals surface area contributed by atoms with Crippen LogP contribution in [0, 0.1) is 0 Å². The summed E-state index contributed by atoms with van der Waals surface area (Å²) in [5, 5.41) is 0. The number of amides is 1. The molecule has 3 rings (SSSR count). The molecule has 0 saturated heterocycles. The molecule has 0 aliphatic heterocycles. The monoisotopic (exact) mass is 237 g/mol. The second-order valence-electron chi connectivity index (χ2n) is 5.30. The van der Waals surface area contributed by atoms with Crippen LogP contribution in [-0.2, 0) is 5.41 Å². The van der Waals surface area contributed by atoms with Crippen LogP contribution in [0.1, 0.15) is 35.3 Å². The Labute approximate surface area is 106 Å². The van der Waals surface area contributed by atoms with Crippen molar-refractivity contribution in [2.24, 2.45) is 5.73 Å². The van der Waals surface area contributed by atoms with Gasteiger partial charge in [-0.3, -0.25) is 4.79 Å². The first-order chi connectivity index (χ1) is 8.51. The summed E-state index contributed by atoms with van der Waals surface area (Å²) in [6.07, 6.45) is 0. The highest BCUT2D eigenvalue weighted by molar-refractivity contribution is 5.95. The molecule has 1 aliphatic rings. The molecule has 0 unspecified atom stereocenters. The molecule has 0 aromatic heterocycles. The molecule has 0 radical (unpaired) electrons. The molecule has 18 heavy (non-hydrogen) atoms. The van der Waals surface area contributed by atoms with Crippen LogP contribution < -0.4 is 5.73 Å². The second kappa shape index (κ2) is 3.45. The Balaban J connectivity index is 2.31. The predicted molar refractivity (Wildman–Crippen MR) is 72.5 cm³/mol. The van der Waals surface area contributed by atoms with Crippen LogP contribution in [0.4, 0.5) is 0 Å². The first-order valence-electron chi connectivity index (χ1n) is 6.06. The number of hydrogen-bond acceptors (Lipinski definition) is 1. The molecule has 0 saturated carbocycles. The molecule has 2 N–H and O–H groups in total. The predicted octanol–water partition coefficient (Wildman–Crippen LogP) is 3.09. The van der Waals surface area contributed by atoms with Crippen LogP contribution in [0.5, 0.6) is 0 Å². The van der Waals surface area contributed by atoms with Gasteiger partial charge < -0.3 is 5.73 Å². The third-order valence-electron chi connectivity index (χ3n) is 3.87. The Hall–Kier alpha value is -2.09. The zero-order valence-corrected chi connectivity index (χ0v) is 10.5. The molecular weight excluding hydrogens is 222 g/mol. The lowest BCUT2D eigenvalue weighted by molar-refractivity contribution is 0.1000. The Morgan fingerprint density at radius 3 is 2.39 bits per heavy atom. The first-order valence-corrected chi connectivity index (χ1v) is 6.06. The van der Waals surface area contributed by atoms with E-state index in [2.05, 4.69) is 32.0 Å². The Kier molecular flexibility index (Phi) is 2.11. The average molecular weight is 237 g/mol. The zero-order valence-electron chi connectivity index (χ0n) is 10.5. The van der Waals surface area contributed by atoms with E-state index in [4.69, 9.17) is 5.73 Å². The molecule has 0 fully saturated rings.